The van der Waals surface area contributed by atoms with Gasteiger partial charge in [0.05, 0.1) is 11.6 Å². The molecule has 0 N–H and O–H groups in total. The molecule has 0 unspecified atom stereocenters. The second-order valence-electron chi connectivity index (χ2n) is 14.9. The third-order valence-corrected chi connectivity index (χ3v) is 11.6. The molecule has 0 fully saturated rings. The van der Waals surface area contributed by atoms with Crippen molar-refractivity contribution in [2.24, 2.45) is 7.05 Å². The molecular weight excluding hydrogens is 768 g/mol. The van der Waals surface area contributed by atoms with Crippen LogP contribution in [0.5, 0.6) is 0 Å². The number of hydrogen-bond donors (Lipinski definition) is 0. The third kappa shape index (κ3) is 5.12. The Hall–Kier alpha value is -7.46. The molecule has 0 saturated heterocycles. The maximum absolute atomic E-state index is 8.19. The Balaban J connectivity index is 0.00000186. The number of fused-ring (bicyclic) bond motifs is 24. The van der Waals surface area contributed by atoms with Gasteiger partial charge < -0.3 is 19.5 Å². The summed E-state index contributed by atoms with van der Waals surface area (Å²) in [5, 5.41) is 12.6. The van der Waals surface area contributed by atoms with Gasteiger partial charge in [-0.15, -0.1) is 0 Å². The fourth-order valence-electron chi connectivity index (χ4n) is 8.75. The third-order valence-electron chi connectivity index (χ3n) is 11.6. The Kier molecular flexibility index (Phi) is 7.29. The Bertz CT molecular complexity index is 3580. The van der Waals surface area contributed by atoms with Crippen LogP contribution >= 0.6 is 0 Å². The first kappa shape index (κ1) is 33.7. The average Bonchev–Trinajstić information content (AvgIpc) is 3.97. The van der Waals surface area contributed by atoms with E-state index in [9.17, 15) is 0 Å². The van der Waals surface area contributed by atoms with Gasteiger partial charge in [-0.25, -0.2) is 19.9 Å². The van der Waals surface area contributed by atoms with Crippen molar-refractivity contribution in [1.82, 2.24) is 39.5 Å². The maximum atomic E-state index is 8.19. The van der Waals surface area contributed by atoms with Gasteiger partial charge in [0.15, 0.2) is 11.6 Å². The number of aryl methyl sites for hydroxylation is 1. The zero-order valence-electron chi connectivity index (χ0n) is 31.3. The average molecular weight is 795 g/mol. The molecule has 3 aromatic heterocycles. The van der Waals surface area contributed by atoms with Crippen molar-refractivity contribution in [2.75, 3.05) is 0 Å². The fraction of sp³-hybridized carbons (Fsp3) is 0.0204. The molecule has 0 radical (unpaired) electrons. The van der Waals surface area contributed by atoms with Gasteiger partial charge in [-0.05, 0) is 102 Å². The zero-order valence-corrected chi connectivity index (χ0v) is 32.7. The normalized spacial score (nSPS) is 11.9. The Labute approximate surface area is 344 Å². The monoisotopic (exact) mass is 794 g/mol. The van der Waals surface area contributed by atoms with E-state index in [1.807, 2.05) is 7.05 Å². The van der Waals surface area contributed by atoms with E-state index in [2.05, 4.69) is 150 Å². The van der Waals surface area contributed by atoms with E-state index < -0.39 is 0 Å². The van der Waals surface area contributed by atoms with Crippen LogP contribution in [-0.4, -0.2) is 34.5 Å². The number of aromatic nitrogens is 8. The molecule has 0 spiro atoms. The topological polar surface area (TPSA) is 113 Å². The predicted octanol–water partition coefficient (Wildman–Crippen LogP) is 11.0. The predicted molar refractivity (Wildman–Crippen MR) is 230 cm³/mol. The summed E-state index contributed by atoms with van der Waals surface area (Å²) in [6, 6.07) is 50.9. The van der Waals surface area contributed by atoms with Crippen molar-refractivity contribution in [1.29, 1.82) is 0 Å². The molecule has 8 bridgehead atoms. The second-order valence-corrected chi connectivity index (χ2v) is 14.9. The van der Waals surface area contributed by atoms with Crippen LogP contribution in [0.3, 0.4) is 0 Å². The molecule has 11 aromatic rings. The molecule has 13 rings (SSSR count). The van der Waals surface area contributed by atoms with E-state index >= 15 is 0 Å². The summed E-state index contributed by atoms with van der Waals surface area (Å²) in [5.41, 5.74) is 6.22. The molecule has 2 aliphatic heterocycles. The van der Waals surface area contributed by atoms with E-state index in [4.69, 9.17) is 38.6 Å². The van der Waals surface area contributed by atoms with Gasteiger partial charge in [0.2, 0.25) is 0 Å². The van der Waals surface area contributed by atoms with E-state index in [1.54, 1.807) is 0 Å². The van der Waals surface area contributed by atoms with Gasteiger partial charge in [0.25, 0.3) is 0 Å². The zero-order chi connectivity index (χ0) is 39.4. The van der Waals surface area contributed by atoms with Gasteiger partial charge >= 0.3 is 21.0 Å². The van der Waals surface area contributed by atoms with E-state index in [0.717, 1.165) is 116 Å². The standard InChI is InChI=1S/C49H27N8.O.V/c1-57-48-40-24-32-16-8-9-17-33(32)25-41(40)49(57)56-47-39-23-31-15-7-5-13-29(31)21-37(39)45(54-47)52-43-35-19-27-11-3-2-10-26(27)18-34(35)42(50-43)51-44-36-20-28-12-4-6-14-30(28)22-38(36)46(53-44)55-48;;/h2-25H,1H3;;/q-1;;. The van der Waals surface area contributed by atoms with E-state index in [-0.39, 0.29) is 0 Å². The molecule has 0 atom stereocenters. The number of benzene rings is 8. The molecule has 8 aromatic carbocycles. The van der Waals surface area contributed by atoms with Crippen LogP contribution in [0, 0.1) is 0 Å². The SMILES string of the molecule is Cn1c2nc3nc(nc4[n-]c(nc5nc(nc1c1cc6ccccc6cc12)-c1cc2ccccc2cc1-5)c1cc2ccccc2cc41)-c1cc2ccccc2cc1-3.[O]=[V]. The fourth-order valence-corrected chi connectivity index (χ4v) is 8.75. The van der Waals surface area contributed by atoms with Crippen LogP contribution in [0.1, 0.15) is 0 Å². The van der Waals surface area contributed by atoms with Crippen molar-refractivity contribution >= 4 is 87.2 Å². The summed E-state index contributed by atoms with van der Waals surface area (Å²) in [5.74, 6) is 2.28. The van der Waals surface area contributed by atoms with Gasteiger partial charge in [0, 0.05) is 51.4 Å². The molecule has 0 aliphatic carbocycles. The molecule has 5 heterocycles. The van der Waals surface area contributed by atoms with Crippen LogP contribution in [0.4, 0.5) is 0 Å². The second kappa shape index (κ2) is 12.8. The number of nitrogens with zero attached hydrogens (tertiary/aromatic N) is 8. The first-order valence-electron chi connectivity index (χ1n) is 19.1. The summed E-state index contributed by atoms with van der Waals surface area (Å²) in [6.45, 7) is 0. The van der Waals surface area contributed by atoms with Crippen molar-refractivity contribution in [3.63, 3.8) is 0 Å². The van der Waals surface area contributed by atoms with Gasteiger partial charge in [-0.1, -0.05) is 97.1 Å². The van der Waals surface area contributed by atoms with Crippen molar-refractivity contribution < 1.29 is 21.0 Å². The van der Waals surface area contributed by atoms with Gasteiger partial charge in [-0.2, -0.15) is 0 Å². The molecule has 10 heteroatoms. The van der Waals surface area contributed by atoms with Crippen molar-refractivity contribution in [3.05, 3.63) is 146 Å². The summed E-state index contributed by atoms with van der Waals surface area (Å²) in [7, 11) is 2.02. The molecule has 0 amide bonds. The molecule has 2 aliphatic rings. The van der Waals surface area contributed by atoms with E-state index in [1.165, 1.54) is 0 Å². The minimum atomic E-state index is 0.546. The van der Waals surface area contributed by atoms with Crippen LogP contribution in [0.15, 0.2) is 146 Å². The molecular formula is C49H27N8OV-. The quantitative estimate of drug-likeness (QED) is 0.149. The number of rotatable bonds is 0. The first-order valence-corrected chi connectivity index (χ1v) is 19.7. The Morgan fingerprint density at radius 2 is 0.644 bits per heavy atom. The molecule has 0 saturated carbocycles. The van der Waals surface area contributed by atoms with Crippen LogP contribution in [0.25, 0.3) is 133 Å². The summed E-state index contributed by atoms with van der Waals surface area (Å²) in [6.07, 6.45) is 0. The summed E-state index contributed by atoms with van der Waals surface area (Å²) >= 11 is 1.06. The minimum absolute atomic E-state index is 0.546. The Morgan fingerprint density at radius 3 is 0.966 bits per heavy atom. The molecule has 59 heavy (non-hydrogen) atoms. The summed E-state index contributed by atoms with van der Waals surface area (Å²) in [4.78, 5) is 37.0. The van der Waals surface area contributed by atoms with Crippen LogP contribution < -0.4 is 4.98 Å². The summed E-state index contributed by atoms with van der Waals surface area (Å²) < 4.78 is 10.3. The van der Waals surface area contributed by atoms with Crippen molar-refractivity contribution in [3.8, 4) is 45.6 Å². The first-order chi connectivity index (χ1) is 29.1. The van der Waals surface area contributed by atoms with Gasteiger partial charge in [-0.3, -0.25) is 0 Å². The van der Waals surface area contributed by atoms with E-state index in [0.29, 0.717) is 34.6 Å². The molecule has 275 valence electrons. The van der Waals surface area contributed by atoms with Gasteiger partial charge in [0.1, 0.15) is 11.3 Å². The Morgan fingerprint density at radius 1 is 0.373 bits per heavy atom. The molecule has 9 nitrogen and oxygen atoms in total. The van der Waals surface area contributed by atoms with Crippen LogP contribution in [-0.2, 0) is 28.1 Å². The number of hydrogen-bond acceptors (Lipinski definition) is 7. The van der Waals surface area contributed by atoms with Crippen molar-refractivity contribution in [2.45, 2.75) is 0 Å². The van der Waals surface area contributed by atoms with Crippen LogP contribution in [0.2, 0.25) is 0 Å².